The number of pyridine rings is 2. The van der Waals surface area contributed by atoms with Gasteiger partial charge in [-0.1, -0.05) is 18.2 Å². The number of aliphatic hydroxyl groups is 1. The third-order valence-electron chi connectivity index (χ3n) is 4.63. The molecular weight excluding hydrogens is 344 g/mol. The number of fused-ring (bicyclic) bond motifs is 1. The van der Waals surface area contributed by atoms with E-state index in [1.54, 1.807) is 42.6 Å². The Balaban J connectivity index is 2.01. The van der Waals surface area contributed by atoms with E-state index in [9.17, 15) is 19.5 Å². The summed E-state index contributed by atoms with van der Waals surface area (Å²) in [7, 11) is 0. The van der Waals surface area contributed by atoms with Crippen LogP contribution in [-0.2, 0) is 4.79 Å². The summed E-state index contributed by atoms with van der Waals surface area (Å²) in [5.41, 5.74) is -0.0270. The monoisotopic (exact) mass is 360 g/mol. The minimum Gasteiger partial charge on any atom is -0.511 e. The summed E-state index contributed by atoms with van der Waals surface area (Å²) >= 11 is 0. The van der Waals surface area contributed by atoms with Gasteiger partial charge in [0.25, 0.3) is 5.56 Å². The summed E-state index contributed by atoms with van der Waals surface area (Å²) in [6, 6.07) is 13.8. The van der Waals surface area contributed by atoms with Crippen molar-refractivity contribution in [3.05, 3.63) is 82.0 Å². The third kappa shape index (κ3) is 2.85. The molecule has 2 heterocycles. The van der Waals surface area contributed by atoms with Gasteiger partial charge in [0.1, 0.15) is 17.0 Å². The van der Waals surface area contributed by atoms with E-state index in [1.807, 2.05) is 6.07 Å². The molecule has 4 rings (SSSR count). The number of benzene rings is 1. The number of aliphatic hydroxyl groups excluding tert-OH is 1. The Labute approximate surface area is 154 Å². The molecular formula is C21H16N2O4. The highest BCUT2D eigenvalue weighted by atomic mass is 16.3. The van der Waals surface area contributed by atoms with Gasteiger partial charge in [0.05, 0.1) is 11.3 Å². The first-order valence-corrected chi connectivity index (χ1v) is 8.64. The number of para-hydroxylation sites is 1. The van der Waals surface area contributed by atoms with Crippen LogP contribution in [0.15, 0.2) is 70.9 Å². The minimum atomic E-state index is -0.738. The number of hydrogen-bond donors (Lipinski definition) is 1. The van der Waals surface area contributed by atoms with Crippen LogP contribution >= 0.6 is 0 Å². The predicted molar refractivity (Wildman–Crippen MR) is 100 cm³/mol. The predicted octanol–water partition coefficient (Wildman–Crippen LogP) is 3.13. The van der Waals surface area contributed by atoms with E-state index in [0.29, 0.717) is 23.1 Å². The fourth-order valence-corrected chi connectivity index (χ4v) is 3.34. The van der Waals surface area contributed by atoms with Crippen molar-refractivity contribution in [3.8, 4) is 5.69 Å². The number of ketones is 2. The zero-order valence-electron chi connectivity index (χ0n) is 14.4. The highest BCUT2D eigenvalue weighted by Crippen LogP contribution is 2.24. The molecule has 0 radical (unpaired) electrons. The lowest BCUT2D eigenvalue weighted by atomic mass is 9.90. The maximum Gasteiger partial charge on any atom is 0.268 e. The molecule has 0 amide bonds. The Hall–Kier alpha value is -3.54. The van der Waals surface area contributed by atoms with Crippen LogP contribution < -0.4 is 5.56 Å². The van der Waals surface area contributed by atoms with Crippen molar-refractivity contribution in [1.82, 2.24) is 9.55 Å². The quantitative estimate of drug-likeness (QED) is 0.572. The van der Waals surface area contributed by atoms with Gasteiger partial charge in [0, 0.05) is 24.4 Å². The molecule has 2 aromatic heterocycles. The first-order valence-electron chi connectivity index (χ1n) is 8.64. The van der Waals surface area contributed by atoms with E-state index < -0.39 is 17.1 Å². The Kier molecular flexibility index (Phi) is 4.16. The van der Waals surface area contributed by atoms with Crippen molar-refractivity contribution in [3.63, 3.8) is 0 Å². The normalized spacial score (nSPS) is 14.6. The zero-order valence-corrected chi connectivity index (χ0v) is 14.4. The number of nitrogens with zero attached hydrogens (tertiary/aromatic N) is 2. The van der Waals surface area contributed by atoms with Crippen LogP contribution in [0.4, 0.5) is 0 Å². The van der Waals surface area contributed by atoms with Crippen LogP contribution in [0.1, 0.15) is 29.6 Å². The second-order valence-electron chi connectivity index (χ2n) is 6.38. The highest BCUT2D eigenvalue weighted by Gasteiger charge is 2.30. The second kappa shape index (κ2) is 6.64. The molecule has 0 spiro atoms. The van der Waals surface area contributed by atoms with Gasteiger partial charge in [0.15, 0.2) is 5.78 Å². The van der Waals surface area contributed by atoms with Crippen LogP contribution in [0.2, 0.25) is 0 Å². The third-order valence-corrected chi connectivity index (χ3v) is 4.63. The summed E-state index contributed by atoms with van der Waals surface area (Å²) in [6.07, 6.45) is 2.51. The SMILES string of the molecule is O=C1CCCC(O)=C1C(=O)c1cc2cccnc2n(-c2ccccc2)c1=O. The average Bonchev–Trinajstić information content (AvgIpc) is 2.68. The Morgan fingerprint density at radius 3 is 2.56 bits per heavy atom. The molecule has 1 aromatic carbocycles. The summed E-state index contributed by atoms with van der Waals surface area (Å²) in [5, 5.41) is 10.7. The van der Waals surface area contributed by atoms with E-state index in [-0.39, 0.29) is 29.7 Å². The van der Waals surface area contributed by atoms with Crippen molar-refractivity contribution in [2.24, 2.45) is 0 Å². The van der Waals surface area contributed by atoms with E-state index in [4.69, 9.17) is 0 Å². The number of hydrogen-bond acceptors (Lipinski definition) is 5. The molecule has 0 unspecified atom stereocenters. The summed E-state index contributed by atoms with van der Waals surface area (Å²) < 4.78 is 1.35. The molecule has 0 saturated carbocycles. The lowest BCUT2D eigenvalue weighted by Crippen LogP contribution is -2.29. The fraction of sp³-hybridized carbons (Fsp3) is 0.143. The van der Waals surface area contributed by atoms with Crippen LogP contribution in [0.3, 0.4) is 0 Å². The van der Waals surface area contributed by atoms with Gasteiger partial charge in [-0.05, 0) is 36.8 Å². The molecule has 6 heteroatoms. The van der Waals surface area contributed by atoms with E-state index in [1.165, 1.54) is 10.6 Å². The first-order chi connectivity index (χ1) is 13.1. The van der Waals surface area contributed by atoms with Crippen LogP contribution in [0.25, 0.3) is 16.7 Å². The molecule has 0 fully saturated rings. The smallest absolute Gasteiger partial charge is 0.268 e. The zero-order chi connectivity index (χ0) is 19.0. The van der Waals surface area contributed by atoms with E-state index in [0.717, 1.165) is 0 Å². The second-order valence-corrected chi connectivity index (χ2v) is 6.38. The van der Waals surface area contributed by atoms with Crippen molar-refractivity contribution in [1.29, 1.82) is 0 Å². The molecule has 3 aromatic rings. The van der Waals surface area contributed by atoms with Gasteiger partial charge in [-0.3, -0.25) is 19.0 Å². The maximum absolute atomic E-state index is 13.2. The van der Waals surface area contributed by atoms with Gasteiger partial charge in [0.2, 0.25) is 5.78 Å². The fourth-order valence-electron chi connectivity index (χ4n) is 3.34. The van der Waals surface area contributed by atoms with Gasteiger partial charge >= 0.3 is 0 Å². The minimum absolute atomic E-state index is 0.156. The molecule has 0 saturated heterocycles. The Morgan fingerprint density at radius 1 is 1.04 bits per heavy atom. The van der Waals surface area contributed by atoms with Gasteiger partial charge < -0.3 is 5.11 Å². The number of allylic oxidation sites excluding steroid dienone is 2. The topological polar surface area (TPSA) is 89.3 Å². The Morgan fingerprint density at radius 2 is 1.81 bits per heavy atom. The molecule has 134 valence electrons. The average molecular weight is 360 g/mol. The number of aromatic nitrogens is 2. The lowest BCUT2D eigenvalue weighted by molar-refractivity contribution is -0.116. The van der Waals surface area contributed by atoms with Gasteiger partial charge in [-0.15, -0.1) is 0 Å². The van der Waals surface area contributed by atoms with Gasteiger partial charge in [-0.2, -0.15) is 0 Å². The van der Waals surface area contributed by atoms with Crippen LogP contribution in [0, 0.1) is 0 Å². The maximum atomic E-state index is 13.2. The largest absolute Gasteiger partial charge is 0.511 e. The number of rotatable bonds is 3. The molecule has 1 aliphatic rings. The molecule has 6 nitrogen and oxygen atoms in total. The lowest BCUT2D eigenvalue weighted by Gasteiger charge is -2.15. The number of Topliss-reactive ketones (excluding diaryl/α,β-unsaturated/α-hetero) is 2. The highest BCUT2D eigenvalue weighted by molar-refractivity contribution is 6.27. The molecule has 0 atom stereocenters. The molecule has 1 aliphatic carbocycles. The molecule has 1 N–H and O–H groups in total. The molecule has 0 bridgehead atoms. The van der Waals surface area contributed by atoms with Crippen molar-refractivity contribution in [2.75, 3.05) is 0 Å². The van der Waals surface area contributed by atoms with E-state index in [2.05, 4.69) is 4.98 Å². The Bertz CT molecular complexity index is 1160. The van der Waals surface area contributed by atoms with E-state index >= 15 is 0 Å². The van der Waals surface area contributed by atoms with Crippen molar-refractivity contribution < 1.29 is 14.7 Å². The first kappa shape index (κ1) is 16.9. The standard InChI is InChI=1S/C21H16N2O4/c24-16-9-4-10-17(25)18(16)19(26)15-12-13-6-5-11-22-20(13)23(21(15)27)14-7-2-1-3-8-14/h1-3,5-8,11-12,24H,4,9-10H2. The summed E-state index contributed by atoms with van der Waals surface area (Å²) in [4.78, 5) is 42.6. The van der Waals surface area contributed by atoms with Crippen LogP contribution in [-0.4, -0.2) is 26.2 Å². The molecule has 0 aliphatic heterocycles. The van der Waals surface area contributed by atoms with Gasteiger partial charge in [-0.25, -0.2) is 4.98 Å². The van der Waals surface area contributed by atoms with Crippen molar-refractivity contribution in [2.45, 2.75) is 19.3 Å². The summed E-state index contributed by atoms with van der Waals surface area (Å²) in [5.74, 6) is -1.41. The van der Waals surface area contributed by atoms with Crippen LogP contribution in [0.5, 0.6) is 0 Å². The number of carbonyl (C=O) groups excluding carboxylic acids is 2. The van der Waals surface area contributed by atoms with Crippen molar-refractivity contribution >= 4 is 22.6 Å². The summed E-state index contributed by atoms with van der Waals surface area (Å²) in [6.45, 7) is 0. The molecule has 27 heavy (non-hydrogen) atoms. The number of carbonyl (C=O) groups is 2.